The van der Waals surface area contributed by atoms with Crippen molar-refractivity contribution < 1.29 is 0 Å². The Labute approximate surface area is 690 Å². The Morgan fingerprint density at radius 1 is 0.223 bits per heavy atom. The summed E-state index contributed by atoms with van der Waals surface area (Å²) >= 11 is 0. The van der Waals surface area contributed by atoms with Crippen LogP contribution in [0.1, 0.15) is 121 Å². The lowest BCUT2D eigenvalue weighted by Gasteiger charge is -2.11. The molecular formula is C102H63N19. The summed E-state index contributed by atoms with van der Waals surface area (Å²) in [6, 6.07) is 108. The minimum Gasteiger partial charge on any atom is -0.344 e. The van der Waals surface area contributed by atoms with E-state index in [1.54, 1.807) is 0 Å². The molecule has 19 heteroatoms. The van der Waals surface area contributed by atoms with E-state index in [0.717, 1.165) is 173 Å². The van der Waals surface area contributed by atoms with E-state index in [2.05, 4.69) is 272 Å². The molecule has 27 rings (SSSR count). The molecule has 121 heavy (non-hydrogen) atoms. The van der Waals surface area contributed by atoms with Crippen LogP contribution in [-0.2, 0) is 6.54 Å². The molecule has 0 radical (unpaired) electrons. The monoisotopic (exact) mass is 1550 g/mol. The molecule has 13 heterocycles. The van der Waals surface area contributed by atoms with Crippen LogP contribution in [0.2, 0.25) is 0 Å². The number of rotatable bonds is 5. The summed E-state index contributed by atoms with van der Waals surface area (Å²) in [6.07, 6.45) is -1.92. The van der Waals surface area contributed by atoms with Crippen LogP contribution in [0.15, 0.2) is 363 Å². The van der Waals surface area contributed by atoms with Crippen molar-refractivity contribution in [2.45, 2.75) is 38.1 Å². The standard InChI is InChI=1S/C102H63N19/c1-2-119-81-45-39-57(120-83-33-17-15-19-59(83)75-47-55(37-43-85(75)120)53-35-41-73-79(49-53)101-115-97-71-31-13-11-29-69(71)93(111-97)107-89-63-23-5-3-21-61(63)87(103-89)105-91-65-25-7-9-27-67(65)95(109-91)113-99(73)117-101)51-77(81)78-52-58(40-46-82(78)119)121-84-34-18-16-20-60(84)76-48-56(38-44-86(76)121)54-36-42-74-80(50-54)102-116-98-72-32-14-12-30-70(72)94(112-98)108-90-64-24-6-4-22-62(64)88(104-90)106-92-66-26-8-10-28-68(66)96(110-92)114-100(74)118-102/h3-52,87,90,100-101H,2H2,1H3,(H,104,106,110,114)(H,103,107,111,115)(H,105,109,113,117)(H,108,112,116,118). The Kier molecular flexibility index (Phi) is 13.6. The van der Waals surface area contributed by atoms with Gasteiger partial charge in [0.15, 0.2) is 46.7 Å². The van der Waals surface area contributed by atoms with Crippen molar-refractivity contribution in [2.24, 2.45) is 59.9 Å². The number of nitrogens with zero attached hydrogens (tertiary/aromatic N) is 15. The maximum Gasteiger partial charge on any atom is 0.164 e. The lowest BCUT2D eigenvalue weighted by atomic mass is 9.98. The molecule has 0 amide bonds. The number of hydrogen-bond donors (Lipinski definition) is 4. The molecule has 4 N–H and O–H groups in total. The zero-order chi connectivity index (χ0) is 79.0. The lowest BCUT2D eigenvalue weighted by molar-refractivity contribution is 0.711. The fourth-order valence-corrected chi connectivity index (χ4v) is 19.8. The van der Waals surface area contributed by atoms with E-state index in [9.17, 15) is 0 Å². The molecule has 4 unspecified atom stereocenters. The molecule has 16 bridgehead atoms. The summed E-state index contributed by atoms with van der Waals surface area (Å²) in [7, 11) is 0. The van der Waals surface area contributed by atoms with E-state index >= 15 is 0 Å². The number of hydrogen-bond acceptors (Lipinski definition) is 16. The van der Waals surface area contributed by atoms with E-state index in [0.29, 0.717) is 70.0 Å². The van der Waals surface area contributed by atoms with Gasteiger partial charge in [-0.3, -0.25) is 0 Å². The highest BCUT2D eigenvalue weighted by molar-refractivity contribution is 6.31. The molecule has 0 aliphatic carbocycles. The molecule has 17 aromatic rings. The summed E-state index contributed by atoms with van der Waals surface area (Å²) in [4.78, 5) is 63.7. The number of aryl methyl sites for hydroxylation is 1. The third kappa shape index (κ3) is 9.75. The van der Waals surface area contributed by atoms with Crippen LogP contribution in [0.25, 0.3) is 99.0 Å². The quantitative estimate of drug-likeness (QED) is 0.132. The van der Waals surface area contributed by atoms with Crippen molar-refractivity contribution in [3.63, 3.8) is 0 Å². The molecule has 3 aromatic heterocycles. The highest BCUT2D eigenvalue weighted by Gasteiger charge is 2.39. The average Bonchev–Trinajstić information content (AvgIpc) is 1.57. The van der Waals surface area contributed by atoms with Crippen molar-refractivity contribution >= 4 is 135 Å². The van der Waals surface area contributed by atoms with Crippen molar-refractivity contribution in [2.75, 3.05) is 0 Å². The van der Waals surface area contributed by atoms with Gasteiger partial charge in [-0.15, -0.1) is 0 Å². The summed E-state index contributed by atoms with van der Waals surface area (Å²) in [5, 5.41) is 21.7. The van der Waals surface area contributed by atoms with Crippen LogP contribution in [0, 0.1) is 0 Å². The summed E-state index contributed by atoms with van der Waals surface area (Å²) < 4.78 is 7.31. The Morgan fingerprint density at radius 2 is 0.521 bits per heavy atom. The molecule has 0 fully saturated rings. The van der Waals surface area contributed by atoms with Gasteiger partial charge >= 0.3 is 0 Å². The predicted molar refractivity (Wildman–Crippen MR) is 485 cm³/mol. The molecule has 0 spiro atoms. The Bertz CT molecular complexity index is 8100. The van der Waals surface area contributed by atoms with Crippen LogP contribution < -0.4 is 21.3 Å². The van der Waals surface area contributed by atoms with Crippen LogP contribution in [0.5, 0.6) is 0 Å². The number of para-hydroxylation sites is 2. The first-order valence-electron chi connectivity index (χ1n) is 40.9. The maximum absolute atomic E-state index is 5.50. The minimum atomic E-state index is -0.547. The zero-order valence-electron chi connectivity index (χ0n) is 64.6. The number of nitrogens with one attached hydrogen (secondary N) is 4. The number of amidine groups is 12. The average molecular weight is 1550 g/mol. The third-order valence-electron chi connectivity index (χ3n) is 25.4. The fraction of sp³-hybridized carbons (Fsp3) is 0.0588. The van der Waals surface area contributed by atoms with Crippen molar-refractivity contribution in [3.8, 4) is 33.6 Å². The molecular weight excluding hydrogens is 1490 g/mol. The van der Waals surface area contributed by atoms with Gasteiger partial charge in [0.25, 0.3) is 0 Å². The van der Waals surface area contributed by atoms with Gasteiger partial charge in [-0.25, -0.2) is 59.9 Å². The topological polar surface area (TPSA) is 211 Å². The van der Waals surface area contributed by atoms with Gasteiger partial charge in [-0.05, 0) is 114 Å². The molecule has 19 nitrogen and oxygen atoms in total. The van der Waals surface area contributed by atoms with Crippen LogP contribution in [0.4, 0.5) is 0 Å². The molecule has 4 atom stereocenters. The van der Waals surface area contributed by atoms with Crippen molar-refractivity contribution in [1.29, 1.82) is 0 Å². The maximum atomic E-state index is 5.50. The molecule has 0 saturated heterocycles. The molecule has 14 aromatic carbocycles. The number of aliphatic imine (C=N–C) groups is 12. The zero-order valence-corrected chi connectivity index (χ0v) is 64.6. The van der Waals surface area contributed by atoms with Gasteiger partial charge in [0, 0.05) is 150 Å². The van der Waals surface area contributed by atoms with Gasteiger partial charge in [0.1, 0.15) is 48.0 Å². The lowest BCUT2D eigenvalue weighted by Crippen LogP contribution is -2.21. The van der Waals surface area contributed by atoms with Gasteiger partial charge in [0.2, 0.25) is 0 Å². The Hall–Kier alpha value is -16.3. The number of benzene rings is 14. The van der Waals surface area contributed by atoms with E-state index in [4.69, 9.17) is 59.9 Å². The first-order chi connectivity index (χ1) is 59.8. The molecule has 0 saturated carbocycles. The highest BCUT2D eigenvalue weighted by Crippen LogP contribution is 2.45. The van der Waals surface area contributed by atoms with Crippen molar-refractivity contribution in [1.82, 2.24) is 35.0 Å². The second-order valence-corrected chi connectivity index (χ2v) is 31.9. The molecule has 10 aliphatic heterocycles. The van der Waals surface area contributed by atoms with E-state index in [1.807, 2.05) is 72.8 Å². The van der Waals surface area contributed by atoms with Gasteiger partial charge in [-0.1, -0.05) is 218 Å². The predicted octanol–water partition coefficient (Wildman–Crippen LogP) is 19.0. The van der Waals surface area contributed by atoms with Crippen LogP contribution >= 0.6 is 0 Å². The summed E-state index contributed by atoms with van der Waals surface area (Å²) in [6.45, 7) is 3.04. The Balaban J connectivity index is 0.552. The summed E-state index contributed by atoms with van der Waals surface area (Å²) in [5.41, 5.74) is 28.3. The first kappa shape index (κ1) is 65.9. The minimum absolute atomic E-state index is 0.426. The van der Waals surface area contributed by atoms with E-state index < -0.39 is 24.7 Å². The Morgan fingerprint density at radius 3 is 0.942 bits per heavy atom. The van der Waals surface area contributed by atoms with Gasteiger partial charge < -0.3 is 35.0 Å². The number of aromatic nitrogens is 3. The fourth-order valence-electron chi connectivity index (χ4n) is 19.8. The normalized spacial score (nSPS) is 18.2. The molecule has 10 aliphatic rings. The SMILES string of the molecule is CCn1c2ccc(-n3c4ccccc4c4cc(-c5ccc6c(c5)C5=NC7=NC(=NC8NC(=NC9=NC(=NC6N5)c5ccccc59)c5ccccc58)c5ccccc57)ccc43)cc2c2cc(-n3c4ccccc4c4cc(-c5ccc6c(c5)C5N=C7N=C(N=C8NC(N=C9N=C(N=C6N5)c5ccccc59)c5ccccc58)c5ccccc57)ccc43)ccc21. The third-order valence-corrected chi connectivity index (χ3v) is 25.4. The smallest absolute Gasteiger partial charge is 0.164 e. The van der Waals surface area contributed by atoms with Crippen molar-refractivity contribution in [3.05, 3.63) is 392 Å². The number of fused-ring (bicyclic) bond motifs is 45. The van der Waals surface area contributed by atoms with Gasteiger partial charge in [-0.2, -0.15) is 0 Å². The van der Waals surface area contributed by atoms with Crippen LogP contribution in [0.3, 0.4) is 0 Å². The molecule has 566 valence electrons. The second kappa shape index (κ2) is 24.9. The van der Waals surface area contributed by atoms with Gasteiger partial charge in [0.05, 0.1) is 22.1 Å². The first-order valence-corrected chi connectivity index (χ1v) is 40.9. The highest BCUT2D eigenvalue weighted by atomic mass is 15.2. The summed E-state index contributed by atoms with van der Waals surface area (Å²) in [5.74, 6) is 7.44. The van der Waals surface area contributed by atoms with E-state index in [-0.39, 0.29) is 0 Å². The second-order valence-electron chi connectivity index (χ2n) is 31.9. The van der Waals surface area contributed by atoms with E-state index in [1.165, 1.54) is 21.8 Å². The largest absolute Gasteiger partial charge is 0.344 e. The van der Waals surface area contributed by atoms with Crippen LogP contribution in [-0.4, -0.2) is 83.7 Å².